The zero-order chi connectivity index (χ0) is 22.8. The van der Waals surface area contributed by atoms with E-state index in [2.05, 4.69) is 45.8 Å². The van der Waals surface area contributed by atoms with Crippen molar-refractivity contribution in [2.24, 2.45) is 0 Å². The summed E-state index contributed by atoms with van der Waals surface area (Å²) >= 11 is 1.66. The third-order valence-corrected chi connectivity index (χ3v) is 7.12. The second kappa shape index (κ2) is 9.57. The van der Waals surface area contributed by atoms with E-state index in [1.807, 2.05) is 12.1 Å². The maximum absolute atomic E-state index is 6.16. The average molecular weight is 463 g/mol. The normalized spacial score (nSPS) is 13.7. The molecule has 3 heterocycles. The Morgan fingerprint density at radius 2 is 2.00 bits per heavy atom. The van der Waals surface area contributed by atoms with Crippen molar-refractivity contribution in [2.45, 2.75) is 68.6 Å². The van der Waals surface area contributed by atoms with Crippen LogP contribution in [0, 0.1) is 0 Å². The Bertz CT molecular complexity index is 1250. The Hall–Kier alpha value is -2.84. The van der Waals surface area contributed by atoms with Crippen molar-refractivity contribution < 1.29 is 4.42 Å². The van der Waals surface area contributed by atoms with Crippen molar-refractivity contribution >= 4 is 28.7 Å². The van der Waals surface area contributed by atoms with Crippen LogP contribution in [0.25, 0.3) is 22.5 Å². The molecule has 0 fully saturated rings. The fraction of sp³-hybridized carbons (Fsp3) is 0.400. The van der Waals surface area contributed by atoms with Gasteiger partial charge in [0.25, 0.3) is 0 Å². The van der Waals surface area contributed by atoms with Gasteiger partial charge >= 0.3 is 0 Å². The highest BCUT2D eigenvalue weighted by Crippen LogP contribution is 2.40. The Morgan fingerprint density at radius 1 is 1.18 bits per heavy atom. The second-order valence-electron chi connectivity index (χ2n) is 8.84. The van der Waals surface area contributed by atoms with Gasteiger partial charge in [-0.1, -0.05) is 25.6 Å². The molecule has 0 saturated heterocycles. The molecular formula is C25H30N6OS. The number of nitrogens with zero attached hydrogens (tertiary/aromatic N) is 4. The van der Waals surface area contributed by atoms with Crippen molar-refractivity contribution in [2.75, 3.05) is 12.3 Å². The van der Waals surface area contributed by atoms with Crippen molar-refractivity contribution in [3.63, 3.8) is 0 Å². The lowest BCUT2D eigenvalue weighted by molar-refractivity contribution is 0.525. The lowest BCUT2D eigenvalue weighted by Crippen LogP contribution is -2.24. The summed E-state index contributed by atoms with van der Waals surface area (Å²) in [5, 5.41) is 4.37. The molecule has 0 aliphatic heterocycles. The van der Waals surface area contributed by atoms with E-state index >= 15 is 0 Å². The van der Waals surface area contributed by atoms with E-state index < -0.39 is 0 Å². The quantitative estimate of drug-likeness (QED) is 0.352. The van der Waals surface area contributed by atoms with Crippen LogP contribution in [-0.4, -0.2) is 32.1 Å². The van der Waals surface area contributed by atoms with Crippen LogP contribution in [0.15, 0.2) is 51.3 Å². The van der Waals surface area contributed by atoms with E-state index in [4.69, 9.17) is 15.1 Å². The highest BCUT2D eigenvalue weighted by atomic mass is 32.2. The van der Waals surface area contributed by atoms with E-state index in [9.17, 15) is 0 Å². The van der Waals surface area contributed by atoms with Crippen LogP contribution < -0.4 is 11.1 Å². The van der Waals surface area contributed by atoms with E-state index in [1.54, 1.807) is 18.0 Å². The highest BCUT2D eigenvalue weighted by Gasteiger charge is 2.21. The van der Waals surface area contributed by atoms with Crippen molar-refractivity contribution in [3.8, 4) is 11.3 Å². The molecule has 0 unspecified atom stereocenters. The molecule has 0 spiro atoms. The van der Waals surface area contributed by atoms with Crippen molar-refractivity contribution in [1.82, 2.24) is 24.8 Å². The predicted octanol–water partition coefficient (Wildman–Crippen LogP) is 5.09. The summed E-state index contributed by atoms with van der Waals surface area (Å²) in [7, 11) is 0. The Labute approximate surface area is 198 Å². The minimum Gasteiger partial charge on any atom is -0.464 e. The first kappa shape index (κ1) is 22.0. The van der Waals surface area contributed by atoms with Gasteiger partial charge < -0.3 is 20.0 Å². The number of nitrogens with two attached hydrogens (primary N) is 1. The molecule has 3 N–H and O–H groups in total. The fourth-order valence-corrected chi connectivity index (χ4v) is 5.50. The molecule has 1 aromatic carbocycles. The minimum atomic E-state index is 0.414. The Morgan fingerprint density at radius 3 is 2.76 bits per heavy atom. The average Bonchev–Trinajstić information content (AvgIpc) is 3.45. The zero-order valence-corrected chi connectivity index (χ0v) is 20.0. The van der Waals surface area contributed by atoms with Gasteiger partial charge in [-0.25, -0.2) is 15.0 Å². The van der Waals surface area contributed by atoms with Crippen LogP contribution in [0.2, 0.25) is 0 Å². The van der Waals surface area contributed by atoms with Gasteiger partial charge in [0.15, 0.2) is 22.1 Å². The number of imidazole rings is 1. The summed E-state index contributed by atoms with van der Waals surface area (Å²) in [5.41, 5.74) is 11.6. The summed E-state index contributed by atoms with van der Waals surface area (Å²) in [6.07, 6.45) is 8.95. The second-order valence-corrected chi connectivity index (χ2v) is 9.85. The van der Waals surface area contributed by atoms with E-state index in [1.165, 1.54) is 30.3 Å². The van der Waals surface area contributed by atoms with Crippen LogP contribution in [0.5, 0.6) is 0 Å². The number of hydrogen-bond acceptors (Lipinski definition) is 7. The molecule has 5 rings (SSSR count). The smallest absolute Gasteiger partial charge is 0.175 e. The number of hydrogen-bond donors (Lipinski definition) is 2. The van der Waals surface area contributed by atoms with E-state index in [0.29, 0.717) is 17.4 Å². The molecule has 3 aromatic heterocycles. The predicted molar refractivity (Wildman–Crippen MR) is 132 cm³/mol. The first-order valence-electron chi connectivity index (χ1n) is 11.7. The maximum Gasteiger partial charge on any atom is 0.175 e. The molecule has 8 heteroatoms. The molecule has 1 aliphatic rings. The van der Waals surface area contributed by atoms with Gasteiger partial charge in [0.05, 0.1) is 6.26 Å². The molecule has 0 atom stereocenters. The third kappa shape index (κ3) is 4.63. The zero-order valence-electron chi connectivity index (χ0n) is 19.2. The number of nitrogen functional groups attached to an aromatic ring is 1. The molecule has 172 valence electrons. The molecule has 4 aromatic rings. The number of furan rings is 1. The summed E-state index contributed by atoms with van der Waals surface area (Å²) < 4.78 is 7.98. The summed E-state index contributed by atoms with van der Waals surface area (Å²) in [6.45, 7) is 6.05. The van der Waals surface area contributed by atoms with Gasteiger partial charge in [0, 0.05) is 23.0 Å². The molecule has 0 radical (unpaired) electrons. The molecule has 7 nitrogen and oxygen atoms in total. The maximum atomic E-state index is 6.16. The lowest BCUT2D eigenvalue weighted by atomic mass is 9.90. The highest BCUT2D eigenvalue weighted by molar-refractivity contribution is 7.99. The standard InChI is InChI=1S/C25H30N6OS/c1-16(2)27-10-6-11-31-24-22(23(26)28-15-29-24)30-25(31)33-21-14-18-8-4-3-7-17(18)13-19(21)20-9-5-12-32-20/h5,9,12-16,27H,3-4,6-8,10-11H2,1-2H3,(H2,26,28,29). The van der Waals surface area contributed by atoms with Crippen LogP contribution in [-0.2, 0) is 19.4 Å². The number of benzene rings is 1. The van der Waals surface area contributed by atoms with Crippen LogP contribution in [0.3, 0.4) is 0 Å². The number of aryl methyl sites for hydroxylation is 3. The van der Waals surface area contributed by atoms with E-state index in [0.717, 1.165) is 59.4 Å². The molecular weight excluding hydrogens is 432 g/mol. The van der Waals surface area contributed by atoms with Gasteiger partial charge in [0.2, 0.25) is 0 Å². The number of rotatable bonds is 8. The Balaban J connectivity index is 1.55. The topological polar surface area (TPSA) is 94.8 Å². The fourth-order valence-electron chi connectivity index (χ4n) is 4.41. The number of anilines is 1. The van der Waals surface area contributed by atoms with Crippen LogP contribution in [0.4, 0.5) is 5.82 Å². The molecule has 33 heavy (non-hydrogen) atoms. The Kier molecular flexibility index (Phi) is 6.37. The molecule has 0 saturated carbocycles. The van der Waals surface area contributed by atoms with Gasteiger partial charge in [-0.05, 0) is 74.0 Å². The first-order chi connectivity index (χ1) is 16.1. The van der Waals surface area contributed by atoms with Crippen LogP contribution in [0.1, 0.15) is 44.2 Å². The van der Waals surface area contributed by atoms with Crippen LogP contribution >= 0.6 is 11.8 Å². The van der Waals surface area contributed by atoms with Gasteiger partial charge in [-0.2, -0.15) is 0 Å². The van der Waals surface area contributed by atoms with Crippen molar-refractivity contribution in [3.05, 3.63) is 48.0 Å². The summed E-state index contributed by atoms with van der Waals surface area (Å²) in [4.78, 5) is 14.7. The molecule has 0 amide bonds. The van der Waals surface area contributed by atoms with Gasteiger partial charge in [-0.15, -0.1) is 0 Å². The molecule has 0 bridgehead atoms. The molecule has 1 aliphatic carbocycles. The van der Waals surface area contributed by atoms with Gasteiger partial charge in [-0.3, -0.25) is 0 Å². The van der Waals surface area contributed by atoms with Gasteiger partial charge in [0.1, 0.15) is 12.1 Å². The largest absolute Gasteiger partial charge is 0.464 e. The number of fused-ring (bicyclic) bond motifs is 2. The SMILES string of the molecule is CC(C)NCCCn1c(Sc2cc3c(cc2-c2ccco2)CCCC3)nc2c(N)ncnc21. The monoisotopic (exact) mass is 462 g/mol. The van der Waals surface area contributed by atoms with Crippen molar-refractivity contribution in [1.29, 1.82) is 0 Å². The summed E-state index contributed by atoms with van der Waals surface area (Å²) in [5.74, 6) is 1.30. The third-order valence-electron chi connectivity index (χ3n) is 6.07. The van der Waals surface area contributed by atoms with E-state index in [-0.39, 0.29) is 0 Å². The number of aromatic nitrogens is 4. The lowest BCUT2D eigenvalue weighted by Gasteiger charge is -2.19. The minimum absolute atomic E-state index is 0.414. The summed E-state index contributed by atoms with van der Waals surface area (Å²) in [6, 6.07) is 9.07. The first-order valence-corrected chi connectivity index (χ1v) is 12.5. The number of nitrogens with one attached hydrogen (secondary N) is 1.